The molecular formula is C12H17BrClN. The van der Waals surface area contributed by atoms with Crippen molar-refractivity contribution in [1.29, 1.82) is 0 Å². The van der Waals surface area contributed by atoms with Crippen LogP contribution < -0.4 is 0 Å². The van der Waals surface area contributed by atoms with Crippen LogP contribution in [0.25, 0.3) is 0 Å². The highest BCUT2D eigenvalue weighted by atomic mass is 79.9. The van der Waals surface area contributed by atoms with Crippen molar-refractivity contribution in [3.63, 3.8) is 0 Å². The first-order chi connectivity index (χ1) is 7.15. The fourth-order valence-electron chi connectivity index (χ4n) is 1.47. The van der Waals surface area contributed by atoms with Crippen molar-refractivity contribution in [3.05, 3.63) is 34.9 Å². The summed E-state index contributed by atoms with van der Waals surface area (Å²) in [7, 11) is 0. The Morgan fingerprint density at radius 1 is 1.33 bits per heavy atom. The molecule has 15 heavy (non-hydrogen) atoms. The summed E-state index contributed by atoms with van der Waals surface area (Å²) in [4.78, 5) is 2.40. The Bertz CT molecular complexity index is 301. The molecule has 3 heteroatoms. The van der Waals surface area contributed by atoms with E-state index in [4.69, 9.17) is 11.6 Å². The van der Waals surface area contributed by atoms with Crippen LogP contribution in [0.1, 0.15) is 19.4 Å². The maximum Gasteiger partial charge on any atom is 0.0451 e. The van der Waals surface area contributed by atoms with Crippen LogP contribution in [0.5, 0.6) is 0 Å². The number of halogens is 2. The van der Waals surface area contributed by atoms with Gasteiger partial charge in [-0.1, -0.05) is 45.7 Å². The van der Waals surface area contributed by atoms with E-state index in [1.165, 1.54) is 5.56 Å². The summed E-state index contributed by atoms with van der Waals surface area (Å²) in [6, 6.07) is 8.58. The molecule has 0 saturated carbocycles. The molecule has 0 atom stereocenters. The van der Waals surface area contributed by atoms with E-state index in [9.17, 15) is 0 Å². The fraction of sp³-hybridized carbons (Fsp3) is 0.500. The standard InChI is InChI=1S/C12H17BrClN/c1-10(2)15(8-7-13)9-11-5-3-4-6-12(11)14/h3-6,10H,7-9H2,1-2H3. The summed E-state index contributed by atoms with van der Waals surface area (Å²) in [5.74, 6) is 0. The molecule has 0 fully saturated rings. The van der Waals surface area contributed by atoms with Gasteiger partial charge in [0.1, 0.15) is 0 Å². The van der Waals surface area contributed by atoms with Crippen molar-refractivity contribution in [2.45, 2.75) is 26.4 Å². The first-order valence-electron chi connectivity index (χ1n) is 5.18. The van der Waals surface area contributed by atoms with Crippen molar-refractivity contribution in [2.24, 2.45) is 0 Å². The lowest BCUT2D eigenvalue weighted by Gasteiger charge is -2.26. The summed E-state index contributed by atoms with van der Waals surface area (Å²) in [6.07, 6.45) is 0. The van der Waals surface area contributed by atoms with Crippen molar-refractivity contribution in [2.75, 3.05) is 11.9 Å². The molecule has 0 unspecified atom stereocenters. The lowest BCUT2D eigenvalue weighted by atomic mass is 10.2. The highest BCUT2D eigenvalue weighted by molar-refractivity contribution is 9.09. The fourth-order valence-corrected chi connectivity index (χ4v) is 2.12. The molecule has 0 heterocycles. The third-order valence-electron chi connectivity index (χ3n) is 2.43. The molecule has 0 aliphatic heterocycles. The Hall–Kier alpha value is -0.0500. The van der Waals surface area contributed by atoms with E-state index in [0.29, 0.717) is 6.04 Å². The topological polar surface area (TPSA) is 3.24 Å². The van der Waals surface area contributed by atoms with Crippen LogP contribution in [0.4, 0.5) is 0 Å². The molecule has 1 rings (SSSR count). The van der Waals surface area contributed by atoms with Crippen LogP contribution >= 0.6 is 27.5 Å². The number of rotatable bonds is 5. The normalized spacial score (nSPS) is 11.3. The maximum absolute atomic E-state index is 6.13. The molecule has 0 aliphatic carbocycles. The monoisotopic (exact) mass is 289 g/mol. The van der Waals surface area contributed by atoms with Crippen LogP contribution in [0.2, 0.25) is 5.02 Å². The minimum Gasteiger partial charge on any atom is -0.296 e. The highest BCUT2D eigenvalue weighted by Crippen LogP contribution is 2.18. The first kappa shape index (κ1) is 13.0. The van der Waals surface area contributed by atoms with Crippen molar-refractivity contribution >= 4 is 27.5 Å². The van der Waals surface area contributed by atoms with E-state index in [2.05, 4.69) is 40.7 Å². The van der Waals surface area contributed by atoms with Gasteiger partial charge >= 0.3 is 0 Å². The van der Waals surface area contributed by atoms with Gasteiger partial charge in [0.25, 0.3) is 0 Å². The molecule has 0 saturated heterocycles. The Morgan fingerprint density at radius 3 is 2.53 bits per heavy atom. The lowest BCUT2D eigenvalue weighted by Crippen LogP contribution is -2.32. The maximum atomic E-state index is 6.13. The van der Waals surface area contributed by atoms with Crippen molar-refractivity contribution in [3.8, 4) is 0 Å². The molecule has 0 bridgehead atoms. The molecular weight excluding hydrogens is 273 g/mol. The van der Waals surface area contributed by atoms with E-state index < -0.39 is 0 Å². The van der Waals surface area contributed by atoms with Gasteiger partial charge in [-0.25, -0.2) is 0 Å². The molecule has 0 spiro atoms. The van der Waals surface area contributed by atoms with Crippen LogP contribution in [0.15, 0.2) is 24.3 Å². The second-order valence-corrected chi connectivity index (χ2v) is 5.04. The largest absolute Gasteiger partial charge is 0.296 e. The second-order valence-electron chi connectivity index (χ2n) is 3.84. The minimum absolute atomic E-state index is 0.541. The zero-order chi connectivity index (χ0) is 11.3. The van der Waals surface area contributed by atoms with E-state index in [1.807, 2.05) is 18.2 Å². The van der Waals surface area contributed by atoms with Gasteiger partial charge in [0, 0.05) is 29.5 Å². The highest BCUT2D eigenvalue weighted by Gasteiger charge is 2.10. The summed E-state index contributed by atoms with van der Waals surface area (Å²) < 4.78 is 0. The minimum atomic E-state index is 0.541. The molecule has 1 aromatic carbocycles. The smallest absolute Gasteiger partial charge is 0.0451 e. The number of hydrogen-bond acceptors (Lipinski definition) is 1. The van der Waals surface area contributed by atoms with Gasteiger partial charge in [0.15, 0.2) is 0 Å². The van der Waals surface area contributed by atoms with Gasteiger partial charge in [-0.3, -0.25) is 4.90 Å². The number of benzene rings is 1. The lowest BCUT2D eigenvalue weighted by molar-refractivity contribution is 0.227. The van der Waals surface area contributed by atoms with E-state index in [0.717, 1.165) is 23.4 Å². The average molecular weight is 291 g/mol. The molecule has 1 nitrogen and oxygen atoms in total. The zero-order valence-corrected chi connectivity index (χ0v) is 11.6. The van der Waals surface area contributed by atoms with Crippen LogP contribution in [0, 0.1) is 0 Å². The molecule has 84 valence electrons. The van der Waals surface area contributed by atoms with E-state index >= 15 is 0 Å². The number of nitrogens with zero attached hydrogens (tertiary/aromatic N) is 1. The van der Waals surface area contributed by atoms with Crippen LogP contribution in [-0.4, -0.2) is 22.8 Å². The molecule has 0 aromatic heterocycles. The first-order valence-corrected chi connectivity index (χ1v) is 6.68. The molecule has 0 aliphatic rings. The van der Waals surface area contributed by atoms with Gasteiger partial charge in [-0.2, -0.15) is 0 Å². The predicted molar refractivity (Wildman–Crippen MR) is 70.8 cm³/mol. The molecule has 1 aromatic rings. The van der Waals surface area contributed by atoms with Crippen molar-refractivity contribution in [1.82, 2.24) is 4.90 Å². The van der Waals surface area contributed by atoms with Gasteiger partial charge in [0.05, 0.1) is 0 Å². The number of hydrogen-bond donors (Lipinski definition) is 0. The SMILES string of the molecule is CC(C)N(CCBr)Cc1ccccc1Cl. The molecule has 0 amide bonds. The van der Waals surface area contributed by atoms with Gasteiger partial charge in [-0.05, 0) is 25.5 Å². The Balaban J connectivity index is 2.69. The summed E-state index contributed by atoms with van der Waals surface area (Å²) in [5, 5.41) is 1.85. The predicted octanol–water partition coefficient (Wildman–Crippen LogP) is 3.95. The van der Waals surface area contributed by atoms with E-state index in [-0.39, 0.29) is 0 Å². The quantitative estimate of drug-likeness (QED) is 0.742. The third-order valence-corrected chi connectivity index (χ3v) is 3.16. The third kappa shape index (κ3) is 4.13. The Labute approximate surface area is 106 Å². The summed E-state index contributed by atoms with van der Waals surface area (Å²) in [5.41, 5.74) is 1.20. The summed E-state index contributed by atoms with van der Waals surface area (Å²) in [6.45, 7) is 6.38. The van der Waals surface area contributed by atoms with Gasteiger partial charge in [-0.15, -0.1) is 0 Å². The van der Waals surface area contributed by atoms with E-state index in [1.54, 1.807) is 0 Å². The van der Waals surface area contributed by atoms with Crippen LogP contribution in [0.3, 0.4) is 0 Å². The molecule has 0 N–H and O–H groups in total. The van der Waals surface area contributed by atoms with Crippen molar-refractivity contribution < 1.29 is 0 Å². The second kappa shape index (κ2) is 6.51. The van der Waals surface area contributed by atoms with Gasteiger partial charge in [0.2, 0.25) is 0 Å². The Kier molecular flexibility index (Phi) is 5.65. The zero-order valence-electron chi connectivity index (χ0n) is 9.21. The number of alkyl halides is 1. The van der Waals surface area contributed by atoms with Gasteiger partial charge < -0.3 is 0 Å². The summed E-state index contributed by atoms with van der Waals surface area (Å²) >= 11 is 9.61. The molecule has 0 radical (unpaired) electrons. The van der Waals surface area contributed by atoms with Crippen LogP contribution in [-0.2, 0) is 6.54 Å². The Morgan fingerprint density at radius 2 is 2.00 bits per heavy atom. The average Bonchev–Trinajstić information content (AvgIpc) is 2.20.